The lowest BCUT2D eigenvalue weighted by atomic mass is 9.84. The molecule has 1 saturated heterocycles. The summed E-state index contributed by atoms with van der Waals surface area (Å²) in [6, 6.07) is -0.572. The monoisotopic (exact) mass is 252 g/mol. The molecule has 0 radical (unpaired) electrons. The smallest absolute Gasteiger partial charge is 0.277 e. The number of hydrogen-bond donors (Lipinski definition) is 1. The Morgan fingerprint density at radius 2 is 1.67 bits per heavy atom. The molecule has 1 saturated carbocycles. The number of nitrogens with one attached hydrogen (secondary N) is 1. The number of carbonyl (C=O) groups is 3. The van der Waals surface area contributed by atoms with Gasteiger partial charge in [0, 0.05) is 6.54 Å². The van der Waals surface area contributed by atoms with Gasteiger partial charge in [-0.05, 0) is 32.1 Å². The van der Waals surface area contributed by atoms with Crippen LogP contribution in [0, 0.1) is 10.8 Å². The van der Waals surface area contributed by atoms with Crippen LogP contribution in [0.2, 0.25) is 0 Å². The summed E-state index contributed by atoms with van der Waals surface area (Å²) in [6.07, 6.45) is 4.34. The van der Waals surface area contributed by atoms with Crippen molar-refractivity contribution in [2.75, 3.05) is 6.54 Å². The molecule has 0 aromatic rings. The third kappa shape index (κ3) is 2.02. The molecule has 5 heteroatoms. The van der Waals surface area contributed by atoms with Gasteiger partial charge in [0.25, 0.3) is 0 Å². The highest BCUT2D eigenvalue weighted by Crippen LogP contribution is 2.39. The van der Waals surface area contributed by atoms with E-state index < -0.39 is 17.4 Å². The zero-order valence-corrected chi connectivity index (χ0v) is 11.2. The highest BCUT2D eigenvalue weighted by molar-refractivity contribution is 6.18. The summed E-state index contributed by atoms with van der Waals surface area (Å²) in [5, 5.41) is 2.27. The number of nitrogens with zero attached hydrogens (tertiary/aromatic N) is 1. The Balaban J connectivity index is 2.19. The third-order valence-corrected chi connectivity index (χ3v) is 4.16. The fourth-order valence-corrected chi connectivity index (χ4v) is 2.76. The van der Waals surface area contributed by atoms with Gasteiger partial charge in [-0.25, -0.2) is 4.79 Å². The molecule has 1 heterocycles. The second-order valence-electron chi connectivity index (χ2n) is 6.29. The van der Waals surface area contributed by atoms with E-state index in [0.29, 0.717) is 6.54 Å². The quantitative estimate of drug-likeness (QED) is 0.760. The number of barbiturate groups is 1. The maximum Gasteiger partial charge on any atom is 0.330 e. The largest absolute Gasteiger partial charge is 0.330 e. The van der Waals surface area contributed by atoms with Crippen LogP contribution in [0.1, 0.15) is 46.5 Å². The maximum absolute atomic E-state index is 12.2. The number of rotatable bonds is 2. The molecule has 100 valence electrons. The summed E-state index contributed by atoms with van der Waals surface area (Å²) in [5.74, 6) is -0.894. The van der Waals surface area contributed by atoms with E-state index in [1.807, 2.05) is 0 Å². The van der Waals surface area contributed by atoms with Gasteiger partial charge in [-0.2, -0.15) is 0 Å². The molecule has 4 amide bonds. The normalized spacial score (nSPS) is 26.4. The van der Waals surface area contributed by atoms with E-state index >= 15 is 0 Å². The van der Waals surface area contributed by atoms with Crippen LogP contribution >= 0.6 is 0 Å². The van der Waals surface area contributed by atoms with Crippen molar-refractivity contribution >= 4 is 17.8 Å². The van der Waals surface area contributed by atoms with Crippen molar-refractivity contribution in [2.24, 2.45) is 10.8 Å². The predicted molar refractivity (Wildman–Crippen MR) is 65.6 cm³/mol. The number of urea groups is 1. The summed E-state index contributed by atoms with van der Waals surface area (Å²) < 4.78 is 0. The SMILES string of the molecule is CC1(CN2C(=O)NC(=O)C(C)(C)C2=O)CCCC1. The summed E-state index contributed by atoms with van der Waals surface area (Å²) in [7, 11) is 0. The first-order chi connectivity index (χ1) is 8.26. The van der Waals surface area contributed by atoms with Crippen LogP contribution < -0.4 is 5.32 Å². The average molecular weight is 252 g/mol. The van der Waals surface area contributed by atoms with Crippen molar-refractivity contribution in [3.63, 3.8) is 0 Å². The number of hydrogen-bond acceptors (Lipinski definition) is 3. The van der Waals surface area contributed by atoms with Crippen molar-refractivity contribution in [3.05, 3.63) is 0 Å². The van der Waals surface area contributed by atoms with Crippen molar-refractivity contribution < 1.29 is 14.4 Å². The van der Waals surface area contributed by atoms with Crippen LogP contribution in [-0.2, 0) is 9.59 Å². The van der Waals surface area contributed by atoms with Crippen LogP contribution in [0.5, 0.6) is 0 Å². The number of amides is 4. The highest BCUT2D eigenvalue weighted by Gasteiger charge is 2.48. The lowest BCUT2D eigenvalue weighted by Crippen LogP contribution is -2.63. The van der Waals surface area contributed by atoms with Crippen LogP contribution in [0.4, 0.5) is 4.79 Å². The van der Waals surface area contributed by atoms with Crippen LogP contribution in [0.15, 0.2) is 0 Å². The minimum atomic E-state index is -1.15. The van der Waals surface area contributed by atoms with E-state index in [1.54, 1.807) is 13.8 Å². The Morgan fingerprint density at radius 3 is 2.22 bits per heavy atom. The molecule has 1 N–H and O–H groups in total. The Morgan fingerprint density at radius 1 is 1.11 bits per heavy atom. The predicted octanol–water partition coefficient (Wildman–Crippen LogP) is 1.67. The van der Waals surface area contributed by atoms with Crippen LogP contribution in [0.3, 0.4) is 0 Å². The molecule has 0 unspecified atom stereocenters. The van der Waals surface area contributed by atoms with E-state index in [-0.39, 0.29) is 11.3 Å². The van der Waals surface area contributed by atoms with Gasteiger partial charge < -0.3 is 0 Å². The second-order valence-corrected chi connectivity index (χ2v) is 6.29. The van der Waals surface area contributed by atoms with Crippen molar-refractivity contribution in [1.29, 1.82) is 0 Å². The Labute approximate surface area is 107 Å². The second kappa shape index (κ2) is 4.07. The lowest BCUT2D eigenvalue weighted by Gasteiger charge is -2.38. The number of imide groups is 2. The molecule has 2 fully saturated rings. The molecule has 2 rings (SSSR count). The Bertz CT molecular complexity index is 408. The first-order valence-corrected chi connectivity index (χ1v) is 6.44. The third-order valence-electron chi connectivity index (χ3n) is 4.16. The molecule has 0 aromatic heterocycles. The molecular weight excluding hydrogens is 232 g/mol. The van der Waals surface area contributed by atoms with Crippen molar-refractivity contribution in [1.82, 2.24) is 10.2 Å². The van der Waals surface area contributed by atoms with Gasteiger partial charge in [0.2, 0.25) is 11.8 Å². The lowest BCUT2D eigenvalue weighted by molar-refractivity contribution is -0.150. The molecule has 1 aliphatic carbocycles. The van der Waals surface area contributed by atoms with E-state index in [1.165, 1.54) is 4.90 Å². The fraction of sp³-hybridized carbons (Fsp3) is 0.769. The summed E-state index contributed by atoms with van der Waals surface area (Å²) in [6.45, 7) is 5.63. The van der Waals surface area contributed by atoms with E-state index in [4.69, 9.17) is 0 Å². The molecule has 1 aliphatic heterocycles. The van der Waals surface area contributed by atoms with Gasteiger partial charge in [0.15, 0.2) is 0 Å². The maximum atomic E-state index is 12.2. The standard InChI is InChI=1S/C13H20N2O3/c1-12(2)9(16)14-11(18)15(10(12)17)8-13(3)6-4-5-7-13/h4-8H2,1-3H3,(H,14,16,18). The summed E-state index contributed by atoms with van der Waals surface area (Å²) in [5.41, 5.74) is -1.15. The molecule has 5 nitrogen and oxygen atoms in total. The molecular formula is C13H20N2O3. The minimum absolute atomic E-state index is 0.00344. The number of carbonyl (C=O) groups excluding carboxylic acids is 3. The van der Waals surface area contributed by atoms with Gasteiger partial charge >= 0.3 is 6.03 Å². The topological polar surface area (TPSA) is 66.5 Å². The molecule has 18 heavy (non-hydrogen) atoms. The van der Waals surface area contributed by atoms with E-state index in [2.05, 4.69) is 12.2 Å². The molecule has 0 spiro atoms. The van der Waals surface area contributed by atoms with Gasteiger partial charge in [0.05, 0.1) is 0 Å². The van der Waals surface area contributed by atoms with Gasteiger partial charge in [-0.3, -0.25) is 19.8 Å². The molecule has 0 atom stereocenters. The van der Waals surface area contributed by atoms with Gasteiger partial charge in [-0.15, -0.1) is 0 Å². The van der Waals surface area contributed by atoms with Crippen LogP contribution in [0.25, 0.3) is 0 Å². The van der Waals surface area contributed by atoms with E-state index in [9.17, 15) is 14.4 Å². The van der Waals surface area contributed by atoms with Crippen LogP contribution in [-0.4, -0.2) is 29.3 Å². The molecule has 0 bridgehead atoms. The van der Waals surface area contributed by atoms with E-state index in [0.717, 1.165) is 25.7 Å². The first-order valence-electron chi connectivity index (χ1n) is 6.44. The first kappa shape index (κ1) is 13.1. The summed E-state index contributed by atoms with van der Waals surface area (Å²) >= 11 is 0. The zero-order chi connectivity index (χ0) is 13.6. The minimum Gasteiger partial charge on any atom is -0.277 e. The molecule has 2 aliphatic rings. The highest BCUT2D eigenvalue weighted by atomic mass is 16.2. The van der Waals surface area contributed by atoms with Crippen molar-refractivity contribution in [2.45, 2.75) is 46.5 Å². The summed E-state index contributed by atoms with van der Waals surface area (Å²) in [4.78, 5) is 36.9. The molecule has 0 aromatic carbocycles. The Kier molecular flexibility index (Phi) is 2.95. The van der Waals surface area contributed by atoms with Gasteiger partial charge in [0.1, 0.15) is 5.41 Å². The van der Waals surface area contributed by atoms with Crippen molar-refractivity contribution in [3.8, 4) is 0 Å². The van der Waals surface area contributed by atoms with Gasteiger partial charge in [-0.1, -0.05) is 19.8 Å². The zero-order valence-electron chi connectivity index (χ0n) is 11.2. The average Bonchev–Trinajstić information content (AvgIpc) is 2.70. The fourth-order valence-electron chi connectivity index (χ4n) is 2.76. The Hall–Kier alpha value is -1.39.